The molecule has 0 aliphatic carbocycles. The summed E-state index contributed by atoms with van der Waals surface area (Å²) in [5, 5.41) is 11.0. The minimum Gasteiger partial charge on any atom is -0.348 e. The van der Waals surface area contributed by atoms with Crippen molar-refractivity contribution in [3.63, 3.8) is 0 Å². The van der Waals surface area contributed by atoms with Crippen molar-refractivity contribution in [3.8, 4) is 11.3 Å². The van der Waals surface area contributed by atoms with E-state index in [0.29, 0.717) is 12.2 Å². The molecule has 32 heavy (non-hydrogen) atoms. The predicted octanol–water partition coefficient (Wildman–Crippen LogP) is 2.19. The Kier molecular flexibility index (Phi) is 7.06. The van der Waals surface area contributed by atoms with Crippen molar-refractivity contribution in [2.75, 3.05) is 26.2 Å². The molecule has 168 valence electrons. The van der Waals surface area contributed by atoms with Gasteiger partial charge in [0, 0.05) is 24.7 Å². The lowest BCUT2D eigenvalue weighted by Crippen LogP contribution is -2.36. The Morgan fingerprint density at radius 2 is 2.06 bits per heavy atom. The first-order valence-electron chi connectivity index (χ1n) is 11.1. The molecular formula is C23H28N6O3. The molecule has 1 saturated heterocycles. The molecule has 1 aliphatic heterocycles. The standard InChI is InChI=1S/C23H28N6O3/c1-17-7-5-13-28(15-17)14-6-12-24-22(31)23-25-20(27-32-23)16-29-21(30)11-10-19(26-29)18-8-3-2-4-9-18/h2-4,8-11,17H,5-7,12-16H2,1H3,(H,24,31). The monoisotopic (exact) mass is 436 g/mol. The van der Waals surface area contributed by atoms with Crippen molar-refractivity contribution in [1.82, 2.24) is 30.1 Å². The largest absolute Gasteiger partial charge is 0.348 e. The van der Waals surface area contributed by atoms with E-state index in [4.69, 9.17) is 4.52 Å². The fourth-order valence-electron chi connectivity index (χ4n) is 3.94. The van der Waals surface area contributed by atoms with Gasteiger partial charge in [0.1, 0.15) is 6.54 Å². The third-order valence-electron chi connectivity index (χ3n) is 5.57. The number of carbonyl (C=O) groups excluding carboxylic acids is 1. The second-order valence-corrected chi connectivity index (χ2v) is 8.25. The highest BCUT2D eigenvalue weighted by atomic mass is 16.5. The average Bonchev–Trinajstić information content (AvgIpc) is 3.27. The van der Waals surface area contributed by atoms with Crippen LogP contribution in [-0.2, 0) is 6.54 Å². The first-order chi connectivity index (χ1) is 15.6. The van der Waals surface area contributed by atoms with Crippen molar-refractivity contribution in [2.24, 2.45) is 5.92 Å². The van der Waals surface area contributed by atoms with Crippen molar-refractivity contribution < 1.29 is 9.32 Å². The van der Waals surface area contributed by atoms with Crippen LogP contribution < -0.4 is 10.9 Å². The van der Waals surface area contributed by atoms with Crippen molar-refractivity contribution in [2.45, 2.75) is 32.7 Å². The molecule has 3 heterocycles. The maximum atomic E-state index is 12.3. The summed E-state index contributed by atoms with van der Waals surface area (Å²) in [5.74, 6) is 0.441. The Labute approximate surface area is 186 Å². The second-order valence-electron chi connectivity index (χ2n) is 8.25. The SMILES string of the molecule is CC1CCCN(CCCNC(=O)c2nc(Cn3nc(-c4ccccc4)ccc3=O)no2)C1. The lowest BCUT2D eigenvalue weighted by atomic mass is 10.0. The minimum atomic E-state index is -0.408. The smallest absolute Gasteiger partial charge is 0.316 e. The summed E-state index contributed by atoms with van der Waals surface area (Å²) in [6, 6.07) is 12.7. The highest BCUT2D eigenvalue weighted by molar-refractivity contribution is 5.89. The zero-order chi connectivity index (χ0) is 22.3. The highest BCUT2D eigenvalue weighted by Gasteiger charge is 2.18. The molecule has 0 spiro atoms. The zero-order valence-corrected chi connectivity index (χ0v) is 18.2. The molecule has 0 saturated carbocycles. The van der Waals surface area contributed by atoms with Gasteiger partial charge in [-0.2, -0.15) is 10.1 Å². The van der Waals surface area contributed by atoms with E-state index < -0.39 is 5.91 Å². The van der Waals surface area contributed by atoms with Crippen LogP contribution in [0.25, 0.3) is 11.3 Å². The van der Waals surface area contributed by atoms with Crippen LogP contribution in [-0.4, -0.2) is 56.9 Å². The molecule has 1 N–H and O–H groups in total. The Morgan fingerprint density at radius 1 is 1.22 bits per heavy atom. The van der Waals surface area contributed by atoms with Crippen molar-refractivity contribution in [3.05, 3.63) is 64.5 Å². The highest BCUT2D eigenvalue weighted by Crippen LogP contribution is 2.15. The minimum absolute atomic E-state index is 0.0173. The number of hydrogen-bond donors (Lipinski definition) is 1. The van der Waals surface area contributed by atoms with Crippen LogP contribution in [0.4, 0.5) is 0 Å². The predicted molar refractivity (Wildman–Crippen MR) is 119 cm³/mol. The summed E-state index contributed by atoms with van der Waals surface area (Å²) in [6.07, 6.45) is 3.40. The molecule has 2 aromatic heterocycles. The topological polar surface area (TPSA) is 106 Å². The van der Waals surface area contributed by atoms with Crippen molar-refractivity contribution >= 4 is 5.91 Å². The summed E-state index contributed by atoms with van der Waals surface area (Å²) in [7, 11) is 0. The first-order valence-corrected chi connectivity index (χ1v) is 11.1. The van der Waals surface area contributed by atoms with Crippen molar-refractivity contribution in [1.29, 1.82) is 0 Å². The molecule has 1 atom stereocenters. The molecule has 1 aliphatic rings. The summed E-state index contributed by atoms with van der Waals surface area (Å²) in [4.78, 5) is 31.1. The van der Waals surface area contributed by atoms with Crippen LogP contribution in [0.3, 0.4) is 0 Å². The third-order valence-corrected chi connectivity index (χ3v) is 5.57. The van der Waals surface area contributed by atoms with E-state index in [0.717, 1.165) is 37.5 Å². The van der Waals surface area contributed by atoms with Crippen LogP contribution in [0.2, 0.25) is 0 Å². The zero-order valence-electron chi connectivity index (χ0n) is 18.2. The molecule has 1 aromatic carbocycles. The molecule has 0 radical (unpaired) electrons. The first kappa shape index (κ1) is 21.9. The third kappa shape index (κ3) is 5.67. The van der Waals surface area contributed by atoms with E-state index in [-0.39, 0.29) is 23.8 Å². The number of piperidine rings is 1. The van der Waals surface area contributed by atoms with Gasteiger partial charge >= 0.3 is 11.8 Å². The molecule has 1 fully saturated rings. The van der Waals surface area contributed by atoms with Crippen LogP contribution in [0.1, 0.15) is 42.7 Å². The van der Waals surface area contributed by atoms with Gasteiger partial charge in [0.25, 0.3) is 5.56 Å². The molecule has 3 aromatic rings. The van der Waals surface area contributed by atoms with E-state index >= 15 is 0 Å². The van der Waals surface area contributed by atoms with Gasteiger partial charge in [-0.25, -0.2) is 4.68 Å². The number of amides is 1. The Hall–Kier alpha value is -3.33. The summed E-state index contributed by atoms with van der Waals surface area (Å²) >= 11 is 0. The Morgan fingerprint density at radius 3 is 2.88 bits per heavy atom. The second kappa shape index (κ2) is 10.3. The quantitative estimate of drug-likeness (QED) is 0.540. The molecule has 9 nitrogen and oxygen atoms in total. The molecule has 9 heteroatoms. The van der Waals surface area contributed by atoms with E-state index in [2.05, 4.69) is 32.4 Å². The van der Waals surface area contributed by atoms with Crippen LogP contribution in [0, 0.1) is 5.92 Å². The summed E-state index contributed by atoms with van der Waals surface area (Å²) < 4.78 is 6.35. The van der Waals surface area contributed by atoms with Gasteiger partial charge in [0.05, 0.1) is 5.69 Å². The Bertz CT molecular complexity index is 1090. The number of aromatic nitrogens is 4. The van der Waals surface area contributed by atoms with Crippen LogP contribution in [0.15, 0.2) is 51.8 Å². The Balaban J connectivity index is 1.31. The van der Waals surface area contributed by atoms with Gasteiger partial charge in [-0.05, 0) is 44.3 Å². The maximum Gasteiger partial charge on any atom is 0.316 e. The van der Waals surface area contributed by atoms with Gasteiger partial charge in [-0.1, -0.05) is 42.4 Å². The van der Waals surface area contributed by atoms with Crippen LogP contribution >= 0.6 is 0 Å². The fourth-order valence-corrected chi connectivity index (χ4v) is 3.94. The number of hydrogen-bond acceptors (Lipinski definition) is 7. The number of carbonyl (C=O) groups is 1. The lowest BCUT2D eigenvalue weighted by molar-refractivity contribution is 0.0906. The molecule has 0 bridgehead atoms. The van der Waals surface area contributed by atoms with Gasteiger partial charge in [0.15, 0.2) is 5.82 Å². The maximum absolute atomic E-state index is 12.3. The molecule has 1 amide bonds. The van der Waals surface area contributed by atoms with E-state index in [9.17, 15) is 9.59 Å². The lowest BCUT2D eigenvalue weighted by Gasteiger charge is -2.30. The summed E-state index contributed by atoms with van der Waals surface area (Å²) in [5.41, 5.74) is 1.27. The molecule has 1 unspecified atom stereocenters. The molecular weight excluding hydrogens is 408 g/mol. The van der Waals surface area contributed by atoms with Gasteiger partial charge < -0.3 is 14.7 Å². The number of nitrogens with one attached hydrogen (secondary N) is 1. The number of nitrogens with zero attached hydrogens (tertiary/aromatic N) is 5. The number of likely N-dealkylation sites (tertiary alicyclic amines) is 1. The molecule has 4 rings (SSSR count). The van der Waals surface area contributed by atoms with E-state index in [1.54, 1.807) is 6.07 Å². The van der Waals surface area contributed by atoms with Gasteiger partial charge in [-0.3, -0.25) is 9.59 Å². The van der Waals surface area contributed by atoms with Gasteiger partial charge in [0.2, 0.25) is 0 Å². The number of benzene rings is 1. The van der Waals surface area contributed by atoms with Gasteiger partial charge in [-0.15, -0.1) is 0 Å². The van der Waals surface area contributed by atoms with Crippen LogP contribution in [0.5, 0.6) is 0 Å². The average molecular weight is 437 g/mol. The fraction of sp³-hybridized carbons (Fsp3) is 0.435. The normalized spacial score (nSPS) is 16.7. The van der Waals surface area contributed by atoms with E-state index in [1.807, 2.05) is 30.3 Å². The number of rotatable bonds is 8. The van der Waals surface area contributed by atoms with E-state index in [1.165, 1.54) is 23.6 Å². The summed E-state index contributed by atoms with van der Waals surface area (Å²) in [6.45, 7) is 6.06.